The van der Waals surface area contributed by atoms with Crippen LogP contribution in [-0.2, 0) is 4.74 Å². The van der Waals surface area contributed by atoms with Crippen LogP contribution in [0.5, 0.6) is 6.01 Å². The molecular weight excluding hydrogens is 590 g/mol. The predicted octanol–water partition coefficient (Wildman–Crippen LogP) is 6.31. The van der Waals surface area contributed by atoms with E-state index >= 15 is 0 Å². The number of carbonyl (C=O) groups is 1. The van der Waals surface area contributed by atoms with E-state index in [9.17, 15) is 10.1 Å². The van der Waals surface area contributed by atoms with E-state index in [4.69, 9.17) is 36.0 Å². The zero-order chi connectivity index (χ0) is 31.7. The average Bonchev–Trinajstić information content (AvgIpc) is 3.42. The normalized spacial score (nSPS) is 19.2. The Morgan fingerprint density at radius 1 is 1.11 bits per heavy atom. The Balaban J connectivity index is 1.39. The van der Waals surface area contributed by atoms with Gasteiger partial charge in [0.15, 0.2) is 5.82 Å². The van der Waals surface area contributed by atoms with Crippen LogP contribution in [0.4, 0.5) is 10.6 Å². The Hall–Kier alpha value is -4.20. The summed E-state index contributed by atoms with van der Waals surface area (Å²) < 4.78 is 11.9. The lowest BCUT2D eigenvalue weighted by atomic mass is 9.99. The van der Waals surface area contributed by atoms with Gasteiger partial charge < -0.3 is 24.2 Å². The van der Waals surface area contributed by atoms with Gasteiger partial charge in [-0.3, -0.25) is 4.98 Å². The summed E-state index contributed by atoms with van der Waals surface area (Å²) in [5, 5.41) is 12.3. The number of hydrogen-bond acceptors (Lipinski definition) is 9. The van der Waals surface area contributed by atoms with Crippen LogP contribution in [0.25, 0.3) is 32.9 Å². The fourth-order valence-electron chi connectivity index (χ4n) is 6.20. The number of fused-ring (bicyclic) bond motifs is 2. The zero-order valence-corrected chi connectivity index (χ0v) is 26.9. The summed E-state index contributed by atoms with van der Waals surface area (Å²) in [5.41, 5.74) is 2.47. The summed E-state index contributed by atoms with van der Waals surface area (Å²) in [5.74, 6) is 0.615. The molecule has 234 valence electrons. The van der Waals surface area contributed by atoms with Crippen molar-refractivity contribution in [2.24, 2.45) is 0 Å². The minimum Gasteiger partial charge on any atom is -0.462 e. The molecule has 2 aliphatic rings. The van der Waals surface area contributed by atoms with E-state index in [0.717, 1.165) is 41.3 Å². The predicted molar refractivity (Wildman–Crippen MR) is 176 cm³/mol. The van der Waals surface area contributed by atoms with Gasteiger partial charge in [-0.15, -0.1) is 0 Å². The summed E-state index contributed by atoms with van der Waals surface area (Å²) >= 11 is 6.67. The molecule has 0 bridgehead atoms. The van der Waals surface area contributed by atoms with Crippen LogP contribution in [-0.4, -0.2) is 88.4 Å². The molecule has 4 heterocycles. The van der Waals surface area contributed by atoms with Gasteiger partial charge in [-0.05, 0) is 70.3 Å². The second kappa shape index (κ2) is 12.7. The maximum absolute atomic E-state index is 13.0. The van der Waals surface area contributed by atoms with Crippen molar-refractivity contribution in [2.45, 2.75) is 57.7 Å². The minimum atomic E-state index is -0.635. The van der Waals surface area contributed by atoms with Crippen LogP contribution < -0.4 is 9.64 Å². The fraction of sp³-hybridized carbons (Fsp3) is 0.441. The molecular formula is C34H38ClN7O3. The highest BCUT2D eigenvalue weighted by Gasteiger charge is 2.35. The number of anilines is 1. The fourth-order valence-corrected chi connectivity index (χ4v) is 6.48. The third-order valence-electron chi connectivity index (χ3n) is 8.48. The Labute approximate surface area is 268 Å². The molecule has 2 aromatic heterocycles. The van der Waals surface area contributed by atoms with Crippen molar-refractivity contribution in [3.8, 4) is 23.2 Å². The molecule has 2 fully saturated rings. The number of benzene rings is 2. The number of likely N-dealkylation sites (tertiary alicyclic amines) is 1. The topological polar surface area (TPSA) is 108 Å². The van der Waals surface area contributed by atoms with Crippen LogP contribution in [0, 0.1) is 11.3 Å². The van der Waals surface area contributed by atoms with Gasteiger partial charge in [0.2, 0.25) is 0 Å². The van der Waals surface area contributed by atoms with Crippen LogP contribution >= 0.6 is 11.6 Å². The van der Waals surface area contributed by atoms with Gasteiger partial charge in [-0.25, -0.2) is 4.79 Å². The molecule has 2 atom stereocenters. The highest BCUT2D eigenvalue weighted by Crippen LogP contribution is 2.36. The maximum atomic E-state index is 13.0. The summed E-state index contributed by atoms with van der Waals surface area (Å²) in [6.07, 6.45) is 3.77. The monoisotopic (exact) mass is 627 g/mol. The molecule has 6 rings (SSSR count). The lowest BCUT2D eigenvalue weighted by Crippen LogP contribution is -2.56. The van der Waals surface area contributed by atoms with E-state index in [1.54, 1.807) is 4.90 Å². The second-order valence-corrected chi connectivity index (χ2v) is 13.2. The van der Waals surface area contributed by atoms with Crippen molar-refractivity contribution < 1.29 is 14.3 Å². The molecule has 0 N–H and O–H groups in total. The lowest BCUT2D eigenvalue weighted by molar-refractivity contribution is 0.0145. The number of pyridine rings is 1. The molecule has 2 aromatic carbocycles. The molecule has 0 spiro atoms. The second-order valence-electron chi connectivity index (χ2n) is 12.8. The van der Waals surface area contributed by atoms with E-state index in [0.29, 0.717) is 54.2 Å². The number of piperazine rings is 1. The summed E-state index contributed by atoms with van der Waals surface area (Å²) in [6.45, 7) is 8.30. The SMILES string of the molecule is CN1CCC[C@H]1COc1nc(N2CCN(C(=O)OC(C)(C)C)[C@@H](CC#N)C2)c2ncc(-c3cccc4cccc(Cl)c34)cc2n1. The van der Waals surface area contributed by atoms with Crippen molar-refractivity contribution >= 4 is 45.3 Å². The molecule has 10 nitrogen and oxygen atoms in total. The smallest absolute Gasteiger partial charge is 0.410 e. The first kappa shape index (κ1) is 30.8. The molecule has 0 aliphatic carbocycles. The zero-order valence-electron chi connectivity index (χ0n) is 26.2. The van der Waals surface area contributed by atoms with Gasteiger partial charge in [0.1, 0.15) is 17.7 Å². The van der Waals surface area contributed by atoms with E-state index in [-0.39, 0.29) is 18.5 Å². The number of nitrogens with zero attached hydrogens (tertiary/aromatic N) is 7. The highest BCUT2D eigenvalue weighted by molar-refractivity contribution is 6.36. The molecule has 11 heteroatoms. The Morgan fingerprint density at radius 2 is 1.91 bits per heavy atom. The number of amides is 1. The van der Waals surface area contributed by atoms with Crippen molar-refractivity contribution in [3.63, 3.8) is 0 Å². The molecule has 45 heavy (non-hydrogen) atoms. The Bertz CT molecular complexity index is 1760. The van der Waals surface area contributed by atoms with Crippen molar-refractivity contribution in [3.05, 3.63) is 53.7 Å². The van der Waals surface area contributed by atoms with Gasteiger partial charge >= 0.3 is 12.1 Å². The average molecular weight is 628 g/mol. The van der Waals surface area contributed by atoms with Crippen molar-refractivity contribution in [1.29, 1.82) is 5.26 Å². The van der Waals surface area contributed by atoms with E-state index in [1.165, 1.54) is 0 Å². The van der Waals surface area contributed by atoms with Crippen molar-refractivity contribution in [1.82, 2.24) is 24.8 Å². The molecule has 0 saturated carbocycles. The first-order chi connectivity index (χ1) is 21.6. The third-order valence-corrected chi connectivity index (χ3v) is 8.79. The first-order valence-corrected chi connectivity index (χ1v) is 15.8. The molecule has 2 saturated heterocycles. The standard InChI is InChI=1S/C34H38ClN7O3/c1-34(2,3)45-33(43)42-17-16-41(20-24(42)13-14-36)31-30-28(38-32(39-31)44-21-25-10-7-15-40(25)4)18-23(19-37-30)26-11-5-8-22-9-6-12-27(35)29(22)26/h5-6,8-9,11-12,18-19,24-25H,7,10,13,15-17,20-21H2,1-4H3/t24-,25-/m0/s1. The van der Waals surface area contributed by atoms with E-state index in [1.807, 2.05) is 69.4 Å². The largest absolute Gasteiger partial charge is 0.462 e. The number of aromatic nitrogens is 3. The van der Waals surface area contributed by atoms with E-state index < -0.39 is 11.7 Å². The summed E-state index contributed by atoms with van der Waals surface area (Å²) in [7, 11) is 2.11. The highest BCUT2D eigenvalue weighted by atomic mass is 35.5. The van der Waals surface area contributed by atoms with Gasteiger partial charge in [-0.2, -0.15) is 15.2 Å². The van der Waals surface area contributed by atoms with E-state index in [2.05, 4.69) is 22.9 Å². The minimum absolute atomic E-state index is 0.162. The van der Waals surface area contributed by atoms with Gasteiger partial charge in [0.05, 0.1) is 24.0 Å². The molecule has 1 amide bonds. The van der Waals surface area contributed by atoms with Gasteiger partial charge in [0, 0.05) is 47.8 Å². The van der Waals surface area contributed by atoms with Crippen LogP contribution in [0.1, 0.15) is 40.0 Å². The summed E-state index contributed by atoms with van der Waals surface area (Å²) in [4.78, 5) is 33.7. The van der Waals surface area contributed by atoms with Crippen LogP contribution in [0.3, 0.4) is 0 Å². The van der Waals surface area contributed by atoms with Gasteiger partial charge in [0.25, 0.3) is 0 Å². The number of carbonyl (C=O) groups excluding carboxylic acids is 1. The maximum Gasteiger partial charge on any atom is 0.410 e. The molecule has 0 unspecified atom stereocenters. The lowest BCUT2D eigenvalue weighted by Gasteiger charge is -2.41. The number of ether oxygens (including phenoxy) is 2. The number of hydrogen-bond donors (Lipinski definition) is 0. The Kier molecular flexibility index (Phi) is 8.67. The number of likely N-dealkylation sites (N-methyl/N-ethyl adjacent to an activating group) is 1. The molecule has 4 aromatic rings. The third kappa shape index (κ3) is 6.60. The number of halogens is 1. The van der Waals surface area contributed by atoms with Crippen LogP contribution in [0.2, 0.25) is 5.02 Å². The molecule has 0 radical (unpaired) electrons. The van der Waals surface area contributed by atoms with Crippen LogP contribution in [0.15, 0.2) is 48.7 Å². The molecule has 2 aliphatic heterocycles. The number of nitriles is 1. The van der Waals surface area contributed by atoms with Gasteiger partial charge in [-0.1, -0.05) is 41.9 Å². The summed E-state index contributed by atoms with van der Waals surface area (Å²) in [6, 6.07) is 16.4. The van der Waals surface area contributed by atoms with Crippen molar-refractivity contribution in [2.75, 3.05) is 44.7 Å². The first-order valence-electron chi connectivity index (χ1n) is 15.4. The quantitative estimate of drug-likeness (QED) is 0.243. The number of rotatable bonds is 6. The Morgan fingerprint density at radius 3 is 2.64 bits per heavy atom.